The molecule has 1 heterocycles. The SMILES string of the molecule is Cc1ccc(C)n1Nc1ccccc1. The lowest BCUT2D eigenvalue weighted by Gasteiger charge is -2.12. The number of rotatable bonds is 2. The summed E-state index contributed by atoms with van der Waals surface area (Å²) in [6.07, 6.45) is 0. The Labute approximate surface area is 84.2 Å². The molecule has 0 bridgehead atoms. The van der Waals surface area contributed by atoms with Crippen LogP contribution in [0, 0.1) is 13.8 Å². The van der Waals surface area contributed by atoms with Gasteiger partial charge >= 0.3 is 0 Å². The molecule has 0 atom stereocenters. The largest absolute Gasteiger partial charge is 0.294 e. The fraction of sp³-hybridized carbons (Fsp3) is 0.167. The molecule has 2 nitrogen and oxygen atoms in total. The first-order valence-corrected chi connectivity index (χ1v) is 4.74. The third-order valence-electron chi connectivity index (χ3n) is 2.29. The third kappa shape index (κ3) is 1.64. The molecule has 0 fully saturated rings. The molecule has 0 radical (unpaired) electrons. The minimum Gasteiger partial charge on any atom is -0.294 e. The van der Waals surface area contributed by atoms with Crippen LogP contribution in [-0.2, 0) is 0 Å². The van der Waals surface area contributed by atoms with Crippen molar-refractivity contribution >= 4 is 5.69 Å². The molecular weight excluding hydrogens is 172 g/mol. The van der Waals surface area contributed by atoms with E-state index in [1.807, 2.05) is 18.2 Å². The summed E-state index contributed by atoms with van der Waals surface area (Å²) in [4.78, 5) is 0. The smallest absolute Gasteiger partial charge is 0.0545 e. The van der Waals surface area contributed by atoms with Gasteiger partial charge in [-0.25, -0.2) is 0 Å². The number of hydrogen-bond acceptors (Lipinski definition) is 1. The molecule has 0 aliphatic rings. The number of nitrogens with one attached hydrogen (secondary N) is 1. The highest BCUT2D eigenvalue weighted by Gasteiger charge is 1.99. The Morgan fingerprint density at radius 2 is 1.43 bits per heavy atom. The highest BCUT2D eigenvalue weighted by molar-refractivity contribution is 5.43. The Morgan fingerprint density at radius 3 is 2.00 bits per heavy atom. The maximum Gasteiger partial charge on any atom is 0.0545 e. The fourth-order valence-corrected chi connectivity index (χ4v) is 1.49. The molecule has 0 aliphatic heterocycles. The molecular formula is C12H14N2. The van der Waals surface area contributed by atoms with Crippen LogP contribution in [0.15, 0.2) is 42.5 Å². The molecule has 0 amide bonds. The van der Waals surface area contributed by atoms with Crippen molar-refractivity contribution in [3.8, 4) is 0 Å². The van der Waals surface area contributed by atoms with E-state index >= 15 is 0 Å². The van der Waals surface area contributed by atoms with E-state index in [0.717, 1.165) is 5.69 Å². The predicted octanol–water partition coefficient (Wildman–Crippen LogP) is 2.98. The first-order valence-electron chi connectivity index (χ1n) is 4.74. The Kier molecular flexibility index (Phi) is 2.27. The minimum atomic E-state index is 1.11. The second-order valence-electron chi connectivity index (χ2n) is 3.43. The van der Waals surface area contributed by atoms with Gasteiger partial charge in [0.2, 0.25) is 0 Å². The zero-order valence-corrected chi connectivity index (χ0v) is 8.49. The second kappa shape index (κ2) is 3.58. The molecule has 0 spiro atoms. The molecule has 2 heteroatoms. The highest BCUT2D eigenvalue weighted by Crippen LogP contribution is 2.10. The van der Waals surface area contributed by atoms with Crippen molar-refractivity contribution in [2.45, 2.75) is 13.8 Å². The van der Waals surface area contributed by atoms with Gasteiger partial charge in [0, 0.05) is 11.4 Å². The van der Waals surface area contributed by atoms with Crippen molar-refractivity contribution in [2.75, 3.05) is 5.43 Å². The van der Waals surface area contributed by atoms with Crippen LogP contribution in [0.5, 0.6) is 0 Å². The van der Waals surface area contributed by atoms with Gasteiger partial charge in [-0.3, -0.25) is 10.1 Å². The van der Waals surface area contributed by atoms with Gasteiger partial charge in [-0.1, -0.05) is 18.2 Å². The monoisotopic (exact) mass is 186 g/mol. The van der Waals surface area contributed by atoms with Crippen LogP contribution < -0.4 is 5.43 Å². The van der Waals surface area contributed by atoms with E-state index in [2.05, 4.69) is 48.2 Å². The quantitative estimate of drug-likeness (QED) is 0.763. The maximum absolute atomic E-state index is 3.34. The molecule has 1 N–H and O–H groups in total. The average molecular weight is 186 g/mol. The van der Waals surface area contributed by atoms with Gasteiger partial charge < -0.3 is 0 Å². The van der Waals surface area contributed by atoms with Crippen LogP contribution in [0.3, 0.4) is 0 Å². The van der Waals surface area contributed by atoms with E-state index in [4.69, 9.17) is 0 Å². The van der Waals surface area contributed by atoms with E-state index in [1.165, 1.54) is 11.4 Å². The van der Waals surface area contributed by atoms with Crippen molar-refractivity contribution < 1.29 is 0 Å². The standard InChI is InChI=1S/C12H14N2/c1-10-8-9-11(2)14(10)13-12-6-4-3-5-7-12/h3-9,13H,1-2H3. The Bertz CT molecular complexity index is 396. The van der Waals surface area contributed by atoms with E-state index in [0.29, 0.717) is 0 Å². The molecule has 2 rings (SSSR count). The Hall–Kier alpha value is -1.70. The summed E-state index contributed by atoms with van der Waals surface area (Å²) in [5.41, 5.74) is 6.87. The summed E-state index contributed by atoms with van der Waals surface area (Å²) in [7, 11) is 0. The number of anilines is 1. The summed E-state index contributed by atoms with van der Waals surface area (Å²) in [5, 5.41) is 0. The highest BCUT2D eigenvalue weighted by atomic mass is 15.4. The number of nitrogens with zero attached hydrogens (tertiary/aromatic N) is 1. The van der Waals surface area contributed by atoms with Gasteiger partial charge in [0.05, 0.1) is 5.69 Å². The third-order valence-corrected chi connectivity index (χ3v) is 2.29. The van der Waals surface area contributed by atoms with Crippen molar-refractivity contribution in [2.24, 2.45) is 0 Å². The zero-order chi connectivity index (χ0) is 9.97. The van der Waals surface area contributed by atoms with Crippen molar-refractivity contribution in [1.82, 2.24) is 4.68 Å². The van der Waals surface area contributed by atoms with Gasteiger partial charge in [-0.2, -0.15) is 0 Å². The maximum atomic E-state index is 3.34. The zero-order valence-electron chi connectivity index (χ0n) is 8.49. The molecule has 0 unspecified atom stereocenters. The van der Waals surface area contributed by atoms with Crippen molar-refractivity contribution in [1.29, 1.82) is 0 Å². The second-order valence-corrected chi connectivity index (χ2v) is 3.43. The first-order chi connectivity index (χ1) is 6.77. The molecule has 1 aromatic carbocycles. The number of hydrogen-bond donors (Lipinski definition) is 1. The van der Waals surface area contributed by atoms with Gasteiger partial charge in [-0.05, 0) is 38.1 Å². The summed E-state index contributed by atoms with van der Waals surface area (Å²) in [5.74, 6) is 0. The number of para-hydroxylation sites is 1. The van der Waals surface area contributed by atoms with Gasteiger partial charge in [0.25, 0.3) is 0 Å². The lowest BCUT2D eigenvalue weighted by molar-refractivity contribution is 0.882. The number of benzene rings is 1. The normalized spacial score (nSPS) is 10.1. The van der Waals surface area contributed by atoms with Crippen LogP contribution in [-0.4, -0.2) is 4.68 Å². The molecule has 14 heavy (non-hydrogen) atoms. The van der Waals surface area contributed by atoms with Crippen LogP contribution in [0.25, 0.3) is 0 Å². The molecule has 1 aromatic heterocycles. The topological polar surface area (TPSA) is 17.0 Å². The Morgan fingerprint density at radius 1 is 0.857 bits per heavy atom. The summed E-state index contributed by atoms with van der Waals surface area (Å²) in [6.45, 7) is 4.17. The number of aryl methyl sites for hydroxylation is 2. The van der Waals surface area contributed by atoms with Crippen LogP contribution >= 0.6 is 0 Å². The predicted molar refractivity (Wildman–Crippen MR) is 59.4 cm³/mol. The van der Waals surface area contributed by atoms with Gasteiger partial charge in [-0.15, -0.1) is 0 Å². The number of aromatic nitrogens is 1. The van der Waals surface area contributed by atoms with Gasteiger partial charge in [0.1, 0.15) is 0 Å². The average Bonchev–Trinajstić information content (AvgIpc) is 2.51. The van der Waals surface area contributed by atoms with E-state index in [9.17, 15) is 0 Å². The van der Waals surface area contributed by atoms with Gasteiger partial charge in [0.15, 0.2) is 0 Å². The summed E-state index contributed by atoms with van der Waals surface area (Å²) < 4.78 is 2.08. The molecule has 72 valence electrons. The minimum absolute atomic E-state index is 1.11. The van der Waals surface area contributed by atoms with Crippen LogP contribution in [0.2, 0.25) is 0 Å². The van der Waals surface area contributed by atoms with E-state index in [-0.39, 0.29) is 0 Å². The lowest BCUT2D eigenvalue weighted by Crippen LogP contribution is -2.11. The summed E-state index contributed by atoms with van der Waals surface area (Å²) >= 11 is 0. The molecule has 0 aliphatic carbocycles. The first kappa shape index (κ1) is 8.88. The molecule has 2 aromatic rings. The van der Waals surface area contributed by atoms with Crippen molar-refractivity contribution in [3.05, 3.63) is 53.9 Å². The van der Waals surface area contributed by atoms with Crippen LogP contribution in [0.4, 0.5) is 5.69 Å². The van der Waals surface area contributed by atoms with E-state index < -0.39 is 0 Å². The fourth-order valence-electron chi connectivity index (χ4n) is 1.49. The Balaban J connectivity index is 2.27. The summed E-state index contributed by atoms with van der Waals surface area (Å²) in [6, 6.07) is 14.4. The molecule has 0 saturated heterocycles. The van der Waals surface area contributed by atoms with Crippen molar-refractivity contribution in [3.63, 3.8) is 0 Å². The van der Waals surface area contributed by atoms with Crippen LogP contribution in [0.1, 0.15) is 11.4 Å². The van der Waals surface area contributed by atoms with E-state index in [1.54, 1.807) is 0 Å². The lowest BCUT2D eigenvalue weighted by atomic mass is 10.3. The molecule has 0 saturated carbocycles.